The van der Waals surface area contributed by atoms with Gasteiger partial charge in [-0.1, -0.05) is 23.7 Å². The number of hydrazine groups is 1. The van der Waals surface area contributed by atoms with Crippen molar-refractivity contribution in [2.24, 2.45) is 0 Å². The van der Waals surface area contributed by atoms with Crippen molar-refractivity contribution in [3.8, 4) is 5.75 Å². The number of esters is 1. The Labute approximate surface area is 159 Å². The average molecular weight is 395 g/mol. The van der Waals surface area contributed by atoms with Crippen molar-refractivity contribution < 1.29 is 28.2 Å². The van der Waals surface area contributed by atoms with Crippen LogP contribution in [0.5, 0.6) is 5.75 Å². The van der Waals surface area contributed by atoms with Gasteiger partial charge in [0.25, 0.3) is 11.8 Å². The summed E-state index contributed by atoms with van der Waals surface area (Å²) >= 11 is 5.84. The van der Waals surface area contributed by atoms with E-state index in [0.29, 0.717) is 10.6 Å². The van der Waals surface area contributed by atoms with Crippen LogP contribution in [0.1, 0.15) is 15.9 Å². The summed E-state index contributed by atoms with van der Waals surface area (Å²) in [5, 5.41) is 0.321. The number of benzene rings is 2. The predicted octanol–water partition coefficient (Wildman–Crippen LogP) is 2.03. The van der Waals surface area contributed by atoms with Gasteiger partial charge in [-0.25, -0.2) is 4.39 Å². The van der Waals surface area contributed by atoms with Crippen LogP contribution in [0, 0.1) is 5.82 Å². The Morgan fingerprint density at radius 2 is 1.78 bits per heavy atom. The molecule has 142 valence electrons. The first-order chi connectivity index (χ1) is 12.9. The maximum absolute atomic E-state index is 12.8. The van der Waals surface area contributed by atoms with Crippen LogP contribution >= 0.6 is 11.6 Å². The highest BCUT2D eigenvalue weighted by Crippen LogP contribution is 2.22. The minimum absolute atomic E-state index is 0.111. The fraction of sp³-hybridized carbons (Fsp3) is 0.167. The standard InChI is InChI=1S/C18H16ClFN2O5/c1-26-15-7-4-12(19)9-14(15)18(25)22-21-16(23)10-27-17(24)8-11-2-5-13(20)6-3-11/h2-7,9H,8,10H2,1H3,(H,21,23)(H,22,25). The lowest BCUT2D eigenvalue weighted by molar-refractivity contribution is -0.148. The molecule has 0 radical (unpaired) electrons. The molecule has 0 aliphatic heterocycles. The van der Waals surface area contributed by atoms with E-state index in [1.54, 1.807) is 6.07 Å². The molecular formula is C18H16ClFN2O5. The minimum Gasteiger partial charge on any atom is -0.496 e. The second-order valence-electron chi connectivity index (χ2n) is 5.31. The number of rotatable bonds is 6. The van der Waals surface area contributed by atoms with Crippen molar-refractivity contribution in [2.45, 2.75) is 6.42 Å². The number of carbonyl (C=O) groups is 3. The Morgan fingerprint density at radius 3 is 2.44 bits per heavy atom. The van der Waals surface area contributed by atoms with E-state index in [-0.39, 0.29) is 17.7 Å². The van der Waals surface area contributed by atoms with Gasteiger partial charge in [-0.3, -0.25) is 25.2 Å². The van der Waals surface area contributed by atoms with Gasteiger partial charge in [-0.15, -0.1) is 0 Å². The van der Waals surface area contributed by atoms with Crippen molar-refractivity contribution >= 4 is 29.4 Å². The molecular weight excluding hydrogens is 379 g/mol. The van der Waals surface area contributed by atoms with Gasteiger partial charge in [0.15, 0.2) is 6.61 Å². The molecule has 9 heteroatoms. The average Bonchev–Trinajstić information content (AvgIpc) is 2.66. The molecule has 2 N–H and O–H groups in total. The van der Waals surface area contributed by atoms with Crippen molar-refractivity contribution in [1.29, 1.82) is 0 Å². The van der Waals surface area contributed by atoms with Gasteiger partial charge < -0.3 is 9.47 Å². The van der Waals surface area contributed by atoms with E-state index in [0.717, 1.165) is 0 Å². The SMILES string of the molecule is COc1ccc(Cl)cc1C(=O)NNC(=O)COC(=O)Cc1ccc(F)cc1. The Balaban J connectivity index is 1.79. The third-order valence-electron chi connectivity index (χ3n) is 3.35. The van der Waals surface area contributed by atoms with Gasteiger partial charge in [-0.05, 0) is 35.9 Å². The maximum Gasteiger partial charge on any atom is 0.310 e. The van der Waals surface area contributed by atoms with E-state index in [9.17, 15) is 18.8 Å². The highest BCUT2D eigenvalue weighted by Gasteiger charge is 2.14. The highest BCUT2D eigenvalue weighted by molar-refractivity contribution is 6.31. The number of nitrogens with one attached hydrogen (secondary N) is 2. The lowest BCUT2D eigenvalue weighted by Gasteiger charge is -2.11. The Hall–Kier alpha value is -3.13. The quantitative estimate of drug-likeness (QED) is 0.577. The van der Waals surface area contributed by atoms with Crippen molar-refractivity contribution in [3.05, 3.63) is 64.4 Å². The predicted molar refractivity (Wildman–Crippen MR) is 94.7 cm³/mol. The van der Waals surface area contributed by atoms with Gasteiger partial charge in [0.2, 0.25) is 0 Å². The smallest absolute Gasteiger partial charge is 0.310 e. The van der Waals surface area contributed by atoms with Gasteiger partial charge in [0.1, 0.15) is 11.6 Å². The summed E-state index contributed by atoms with van der Waals surface area (Å²) in [7, 11) is 1.39. The summed E-state index contributed by atoms with van der Waals surface area (Å²) in [5.74, 6) is -2.20. The number of amides is 2. The highest BCUT2D eigenvalue weighted by atomic mass is 35.5. The van der Waals surface area contributed by atoms with E-state index in [2.05, 4.69) is 10.9 Å². The third kappa shape index (κ3) is 6.27. The zero-order valence-corrected chi connectivity index (χ0v) is 15.0. The van der Waals surface area contributed by atoms with Crippen molar-refractivity contribution in [1.82, 2.24) is 10.9 Å². The van der Waals surface area contributed by atoms with E-state index >= 15 is 0 Å². The van der Waals surface area contributed by atoms with Crippen LogP contribution in [0.2, 0.25) is 5.02 Å². The normalized spacial score (nSPS) is 10.0. The maximum atomic E-state index is 12.8. The summed E-state index contributed by atoms with van der Waals surface area (Å²) < 4.78 is 22.6. The molecule has 0 heterocycles. The van der Waals surface area contributed by atoms with Gasteiger partial charge >= 0.3 is 5.97 Å². The van der Waals surface area contributed by atoms with Crippen LogP contribution in [0.3, 0.4) is 0 Å². The van der Waals surface area contributed by atoms with Crippen LogP contribution in [-0.2, 0) is 20.7 Å². The fourth-order valence-corrected chi connectivity index (χ4v) is 2.23. The zero-order valence-electron chi connectivity index (χ0n) is 14.3. The van der Waals surface area contributed by atoms with Crippen LogP contribution in [0.15, 0.2) is 42.5 Å². The summed E-state index contributed by atoms with van der Waals surface area (Å²) in [6, 6.07) is 9.76. The van der Waals surface area contributed by atoms with Crippen LogP contribution in [0.4, 0.5) is 4.39 Å². The molecule has 27 heavy (non-hydrogen) atoms. The largest absolute Gasteiger partial charge is 0.496 e. The third-order valence-corrected chi connectivity index (χ3v) is 3.58. The zero-order chi connectivity index (χ0) is 19.8. The van der Waals surface area contributed by atoms with Crippen molar-refractivity contribution in [3.63, 3.8) is 0 Å². The lowest BCUT2D eigenvalue weighted by Crippen LogP contribution is -2.43. The molecule has 7 nitrogen and oxygen atoms in total. The first-order valence-corrected chi connectivity index (χ1v) is 8.09. The lowest BCUT2D eigenvalue weighted by atomic mass is 10.1. The molecule has 2 rings (SSSR count). The summed E-state index contributed by atoms with van der Waals surface area (Å²) in [4.78, 5) is 35.4. The first kappa shape index (κ1) is 20.2. The molecule has 2 aromatic rings. The van der Waals surface area contributed by atoms with Crippen LogP contribution < -0.4 is 15.6 Å². The molecule has 2 aromatic carbocycles. The van der Waals surface area contributed by atoms with E-state index < -0.39 is 30.2 Å². The minimum atomic E-state index is -0.739. The van der Waals surface area contributed by atoms with E-state index in [4.69, 9.17) is 21.1 Å². The van der Waals surface area contributed by atoms with E-state index in [1.165, 1.54) is 43.5 Å². The summed E-state index contributed by atoms with van der Waals surface area (Å²) in [6.07, 6.45) is -0.111. The fourth-order valence-electron chi connectivity index (χ4n) is 2.05. The second kappa shape index (κ2) is 9.54. The first-order valence-electron chi connectivity index (χ1n) is 7.72. The van der Waals surface area contributed by atoms with Crippen LogP contribution in [0.25, 0.3) is 0 Å². The molecule has 2 amide bonds. The van der Waals surface area contributed by atoms with Gasteiger partial charge in [0, 0.05) is 5.02 Å². The number of carbonyl (C=O) groups excluding carboxylic acids is 3. The molecule has 0 aliphatic carbocycles. The molecule has 0 aliphatic rings. The summed E-state index contributed by atoms with van der Waals surface area (Å²) in [6.45, 7) is -0.590. The number of ether oxygens (including phenoxy) is 2. The molecule has 0 spiro atoms. The number of halogens is 2. The van der Waals surface area contributed by atoms with Gasteiger partial charge in [0.05, 0.1) is 19.1 Å². The molecule has 0 saturated carbocycles. The number of methoxy groups -OCH3 is 1. The summed E-state index contributed by atoms with van der Waals surface area (Å²) in [5.41, 5.74) is 4.95. The molecule has 0 aromatic heterocycles. The number of hydrogen-bond donors (Lipinski definition) is 2. The Bertz CT molecular complexity index is 842. The number of hydrogen-bond acceptors (Lipinski definition) is 5. The molecule has 0 atom stereocenters. The Morgan fingerprint density at radius 1 is 1.07 bits per heavy atom. The van der Waals surface area contributed by atoms with Crippen LogP contribution in [-0.4, -0.2) is 31.5 Å². The molecule has 0 fully saturated rings. The molecule has 0 bridgehead atoms. The Kier molecular flexibility index (Phi) is 7.13. The molecule has 0 saturated heterocycles. The van der Waals surface area contributed by atoms with E-state index in [1.807, 2.05) is 0 Å². The second-order valence-corrected chi connectivity index (χ2v) is 5.75. The molecule has 0 unspecified atom stereocenters. The van der Waals surface area contributed by atoms with Gasteiger partial charge in [-0.2, -0.15) is 0 Å². The van der Waals surface area contributed by atoms with Crippen molar-refractivity contribution in [2.75, 3.05) is 13.7 Å². The monoisotopic (exact) mass is 394 g/mol. The topological polar surface area (TPSA) is 93.7 Å².